The van der Waals surface area contributed by atoms with E-state index in [0.717, 1.165) is 24.7 Å². The van der Waals surface area contributed by atoms with Crippen LogP contribution in [0.3, 0.4) is 0 Å². The van der Waals surface area contributed by atoms with E-state index in [1.165, 1.54) is 12.8 Å². The van der Waals surface area contributed by atoms with Crippen LogP contribution in [0.4, 0.5) is 5.82 Å². The van der Waals surface area contributed by atoms with Gasteiger partial charge in [-0.3, -0.25) is 0 Å². The molecule has 4 heteroatoms. The van der Waals surface area contributed by atoms with Gasteiger partial charge in [-0.15, -0.1) is 0 Å². The molecule has 1 aliphatic heterocycles. The van der Waals surface area contributed by atoms with Crippen molar-refractivity contribution in [3.8, 4) is 0 Å². The molecule has 1 aromatic heterocycles. The van der Waals surface area contributed by atoms with Crippen molar-refractivity contribution in [3.05, 3.63) is 18.1 Å². The number of anilines is 1. The second-order valence-electron chi connectivity index (χ2n) is 5.01. The lowest BCUT2D eigenvalue weighted by atomic mass is 10.2. The molecule has 4 nitrogen and oxygen atoms in total. The first-order valence-corrected chi connectivity index (χ1v) is 6.46. The summed E-state index contributed by atoms with van der Waals surface area (Å²) in [6, 6.07) is 3.14. The molecule has 0 aliphatic carbocycles. The summed E-state index contributed by atoms with van der Waals surface area (Å²) >= 11 is 0. The maximum Gasteiger partial charge on any atom is 0.132 e. The first-order chi connectivity index (χ1) is 8.16. The minimum Gasteiger partial charge on any atom is -0.352 e. The maximum absolute atomic E-state index is 4.52. The Bertz CT molecular complexity index is 364. The number of hydrogen-bond donors (Lipinski definition) is 1. The molecule has 1 atom stereocenters. The molecular formula is C13H22N4. The first-order valence-electron chi connectivity index (χ1n) is 6.46. The van der Waals surface area contributed by atoms with E-state index in [-0.39, 0.29) is 0 Å². The summed E-state index contributed by atoms with van der Waals surface area (Å²) in [4.78, 5) is 11.1. The third kappa shape index (κ3) is 3.16. The van der Waals surface area contributed by atoms with Gasteiger partial charge in [-0.05, 0) is 25.8 Å². The monoisotopic (exact) mass is 234 g/mol. The highest BCUT2D eigenvalue weighted by molar-refractivity contribution is 5.40. The fraction of sp³-hybridized carbons (Fsp3) is 0.692. The van der Waals surface area contributed by atoms with Crippen LogP contribution in [0.15, 0.2) is 12.3 Å². The van der Waals surface area contributed by atoms with Gasteiger partial charge in [0.25, 0.3) is 0 Å². The van der Waals surface area contributed by atoms with Gasteiger partial charge in [0.15, 0.2) is 0 Å². The summed E-state index contributed by atoms with van der Waals surface area (Å²) < 4.78 is 0. The summed E-state index contributed by atoms with van der Waals surface area (Å²) in [5.74, 6) is 1.93. The van der Waals surface area contributed by atoms with Gasteiger partial charge in [0, 0.05) is 31.4 Å². The fourth-order valence-corrected chi connectivity index (χ4v) is 2.32. The van der Waals surface area contributed by atoms with Gasteiger partial charge in [0.2, 0.25) is 0 Å². The van der Waals surface area contributed by atoms with E-state index in [0.29, 0.717) is 12.1 Å². The van der Waals surface area contributed by atoms with Crippen molar-refractivity contribution in [1.82, 2.24) is 15.3 Å². The second kappa shape index (κ2) is 5.45. The van der Waals surface area contributed by atoms with Crippen LogP contribution in [-0.2, 0) is 0 Å². The number of hydrogen-bond acceptors (Lipinski definition) is 4. The largest absolute Gasteiger partial charge is 0.352 e. The van der Waals surface area contributed by atoms with Crippen molar-refractivity contribution in [2.45, 2.75) is 45.7 Å². The fourth-order valence-electron chi connectivity index (χ4n) is 2.32. The molecule has 1 fully saturated rings. The molecular weight excluding hydrogens is 212 g/mol. The molecule has 0 amide bonds. The zero-order chi connectivity index (χ0) is 12.3. The van der Waals surface area contributed by atoms with Crippen LogP contribution >= 0.6 is 0 Å². The molecule has 0 aromatic carbocycles. The van der Waals surface area contributed by atoms with Crippen LogP contribution in [0, 0.1) is 6.92 Å². The molecule has 0 bridgehead atoms. The van der Waals surface area contributed by atoms with Gasteiger partial charge in [0.1, 0.15) is 11.6 Å². The Labute approximate surface area is 103 Å². The lowest BCUT2D eigenvalue weighted by Gasteiger charge is -2.26. The third-order valence-corrected chi connectivity index (χ3v) is 3.19. The lowest BCUT2D eigenvalue weighted by molar-refractivity contribution is 0.522. The van der Waals surface area contributed by atoms with Crippen molar-refractivity contribution in [2.75, 3.05) is 18.0 Å². The number of aromatic nitrogens is 2. The summed E-state index contributed by atoms with van der Waals surface area (Å²) in [7, 11) is 0. The average Bonchev–Trinajstić information content (AvgIpc) is 2.74. The Hall–Kier alpha value is -1.16. The Morgan fingerprint density at radius 2 is 2.35 bits per heavy atom. The van der Waals surface area contributed by atoms with Crippen LogP contribution in [-0.4, -0.2) is 35.1 Å². The van der Waals surface area contributed by atoms with Crippen LogP contribution in [0.25, 0.3) is 0 Å². The Balaban J connectivity index is 2.04. The predicted octanol–water partition coefficient (Wildman–Crippen LogP) is 1.75. The molecule has 1 N–H and O–H groups in total. The highest BCUT2D eigenvalue weighted by atomic mass is 15.2. The maximum atomic E-state index is 4.52. The van der Waals surface area contributed by atoms with Gasteiger partial charge in [-0.2, -0.15) is 0 Å². The minimum atomic E-state index is 0.546. The van der Waals surface area contributed by atoms with E-state index in [4.69, 9.17) is 0 Å². The van der Waals surface area contributed by atoms with Crippen molar-refractivity contribution >= 4 is 5.82 Å². The van der Waals surface area contributed by atoms with E-state index in [2.05, 4.69) is 34.0 Å². The Morgan fingerprint density at radius 1 is 1.53 bits per heavy atom. The highest BCUT2D eigenvalue weighted by Crippen LogP contribution is 2.23. The zero-order valence-electron chi connectivity index (χ0n) is 11.0. The van der Waals surface area contributed by atoms with Gasteiger partial charge < -0.3 is 10.2 Å². The van der Waals surface area contributed by atoms with Crippen LogP contribution in [0.5, 0.6) is 0 Å². The Morgan fingerprint density at radius 3 is 3.06 bits per heavy atom. The standard InChI is InChI=1S/C13H22N4/c1-10(2)15-9-12-5-4-8-17(12)13-6-7-14-11(3)16-13/h6-7,10,12,15H,4-5,8-9H2,1-3H3. The number of nitrogens with one attached hydrogen (secondary N) is 1. The lowest BCUT2D eigenvalue weighted by Crippen LogP contribution is -2.40. The summed E-state index contributed by atoms with van der Waals surface area (Å²) in [6.07, 6.45) is 4.36. The predicted molar refractivity (Wildman–Crippen MR) is 70.3 cm³/mol. The minimum absolute atomic E-state index is 0.546. The summed E-state index contributed by atoms with van der Waals surface area (Å²) in [6.45, 7) is 8.48. The van der Waals surface area contributed by atoms with Crippen molar-refractivity contribution in [1.29, 1.82) is 0 Å². The molecule has 94 valence electrons. The van der Waals surface area contributed by atoms with E-state index in [9.17, 15) is 0 Å². The zero-order valence-corrected chi connectivity index (χ0v) is 11.0. The number of aryl methyl sites for hydroxylation is 1. The second-order valence-corrected chi connectivity index (χ2v) is 5.01. The molecule has 2 heterocycles. The number of nitrogens with zero attached hydrogens (tertiary/aromatic N) is 3. The molecule has 2 rings (SSSR count). The van der Waals surface area contributed by atoms with E-state index < -0.39 is 0 Å². The normalized spacial score (nSPS) is 20.2. The topological polar surface area (TPSA) is 41.1 Å². The highest BCUT2D eigenvalue weighted by Gasteiger charge is 2.25. The molecule has 1 unspecified atom stereocenters. The third-order valence-electron chi connectivity index (χ3n) is 3.19. The van der Waals surface area contributed by atoms with Gasteiger partial charge in [0.05, 0.1) is 0 Å². The first kappa shape index (κ1) is 12.3. The van der Waals surface area contributed by atoms with Crippen molar-refractivity contribution in [3.63, 3.8) is 0 Å². The smallest absolute Gasteiger partial charge is 0.132 e. The van der Waals surface area contributed by atoms with E-state index in [1.54, 1.807) is 0 Å². The molecule has 1 aliphatic rings. The van der Waals surface area contributed by atoms with Gasteiger partial charge >= 0.3 is 0 Å². The van der Waals surface area contributed by atoms with E-state index >= 15 is 0 Å². The Kier molecular flexibility index (Phi) is 3.94. The summed E-state index contributed by atoms with van der Waals surface area (Å²) in [5.41, 5.74) is 0. The quantitative estimate of drug-likeness (QED) is 0.861. The molecule has 0 saturated carbocycles. The molecule has 1 saturated heterocycles. The SMILES string of the molecule is Cc1nccc(N2CCCC2CNC(C)C)n1. The molecule has 0 radical (unpaired) electrons. The number of rotatable bonds is 4. The van der Waals surface area contributed by atoms with Crippen LogP contribution in [0.1, 0.15) is 32.5 Å². The molecule has 0 spiro atoms. The van der Waals surface area contributed by atoms with Gasteiger partial charge in [-0.1, -0.05) is 13.8 Å². The molecule has 17 heavy (non-hydrogen) atoms. The molecule has 1 aromatic rings. The average molecular weight is 234 g/mol. The van der Waals surface area contributed by atoms with Gasteiger partial charge in [-0.25, -0.2) is 9.97 Å². The van der Waals surface area contributed by atoms with Crippen molar-refractivity contribution in [2.24, 2.45) is 0 Å². The van der Waals surface area contributed by atoms with E-state index in [1.807, 2.05) is 19.2 Å². The van der Waals surface area contributed by atoms with Crippen LogP contribution in [0.2, 0.25) is 0 Å². The van der Waals surface area contributed by atoms with Crippen LogP contribution < -0.4 is 10.2 Å². The summed E-state index contributed by atoms with van der Waals surface area (Å²) in [5, 5.41) is 3.52. The van der Waals surface area contributed by atoms with Crippen molar-refractivity contribution < 1.29 is 0 Å².